The Morgan fingerprint density at radius 2 is 1.55 bits per heavy atom. The van der Waals surface area contributed by atoms with E-state index in [0.29, 0.717) is 6.04 Å². The monoisotopic (exact) mass is 267 g/mol. The summed E-state index contributed by atoms with van der Waals surface area (Å²) in [6.07, 6.45) is 1.11. The highest BCUT2D eigenvalue weighted by atomic mass is 14.9. The first-order chi connectivity index (χ1) is 9.60. The average Bonchev–Trinajstić information content (AvgIpc) is 2.45. The third kappa shape index (κ3) is 3.71. The largest absolute Gasteiger partial charge is 0.306 e. The molecule has 0 heterocycles. The molecule has 1 nitrogen and oxygen atoms in total. The minimum atomic E-state index is 0.426. The third-order valence-electron chi connectivity index (χ3n) is 3.93. The highest BCUT2D eigenvalue weighted by Gasteiger charge is 2.09. The van der Waals surface area contributed by atoms with Crippen LogP contribution in [0.1, 0.15) is 47.2 Å². The van der Waals surface area contributed by atoms with E-state index in [1.165, 1.54) is 27.8 Å². The molecule has 1 unspecified atom stereocenters. The second-order valence-corrected chi connectivity index (χ2v) is 5.68. The maximum atomic E-state index is 3.69. The van der Waals surface area contributed by atoms with Crippen LogP contribution in [0, 0.1) is 20.8 Å². The summed E-state index contributed by atoms with van der Waals surface area (Å²) in [5.41, 5.74) is 6.79. The normalized spacial score (nSPS) is 12.4. The van der Waals surface area contributed by atoms with E-state index < -0.39 is 0 Å². The lowest BCUT2D eigenvalue weighted by Gasteiger charge is -2.19. The van der Waals surface area contributed by atoms with Crippen LogP contribution in [0.5, 0.6) is 0 Å². The Bertz CT molecular complexity index is 554. The third-order valence-corrected chi connectivity index (χ3v) is 3.93. The van der Waals surface area contributed by atoms with Gasteiger partial charge in [0.25, 0.3) is 0 Å². The second kappa shape index (κ2) is 6.71. The molecule has 0 aromatic heterocycles. The molecule has 0 aliphatic heterocycles. The quantitative estimate of drug-likeness (QED) is 0.816. The van der Waals surface area contributed by atoms with Crippen molar-refractivity contribution in [2.75, 3.05) is 0 Å². The molecule has 0 bridgehead atoms. The Kier molecular flexibility index (Phi) is 4.97. The SMILES string of the molecule is CCC(NCc1cc(C)ccc1C)c1ccc(C)cc1. The summed E-state index contributed by atoms with van der Waals surface area (Å²) in [5, 5.41) is 3.69. The van der Waals surface area contributed by atoms with Gasteiger partial charge >= 0.3 is 0 Å². The van der Waals surface area contributed by atoms with Gasteiger partial charge in [0.1, 0.15) is 0 Å². The van der Waals surface area contributed by atoms with Gasteiger partial charge in [-0.25, -0.2) is 0 Å². The predicted molar refractivity (Wildman–Crippen MR) is 87.0 cm³/mol. The van der Waals surface area contributed by atoms with Crippen molar-refractivity contribution in [3.63, 3.8) is 0 Å². The molecule has 0 saturated carbocycles. The van der Waals surface area contributed by atoms with Crippen LogP contribution in [-0.4, -0.2) is 0 Å². The van der Waals surface area contributed by atoms with Crippen LogP contribution in [0.2, 0.25) is 0 Å². The first-order valence-electron chi connectivity index (χ1n) is 7.46. The second-order valence-electron chi connectivity index (χ2n) is 5.68. The van der Waals surface area contributed by atoms with E-state index in [1.807, 2.05) is 0 Å². The summed E-state index contributed by atoms with van der Waals surface area (Å²) in [6, 6.07) is 15.9. The van der Waals surface area contributed by atoms with Gasteiger partial charge in [0.2, 0.25) is 0 Å². The molecule has 0 amide bonds. The lowest BCUT2D eigenvalue weighted by atomic mass is 10.0. The van der Waals surface area contributed by atoms with Crippen molar-refractivity contribution in [1.82, 2.24) is 5.32 Å². The van der Waals surface area contributed by atoms with E-state index in [1.54, 1.807) is 0 Å². The van der Waals surface area contributed by atoms with E-state index in [4.69, 9.17) is 0 Å². The Morgan fingerprint density at radius 1 is 0.900 bits per heavy atom. The summed E-state index contributed by atoms with van der Waals surface area (Å²) in [4.78, 5) is 0. The summed E-state index contributed by atoms with van der Waals surface area (Å²) in [7, 11) is 0. The summed E-state index contributed by atoms with van der Waals surface area (Å²) in [5.74, 6) is 0. The molecular weight excluding hydrogens is 242 g/mol. The van der Waals surface area contributed by atoms with Gasteiger partial charge in [0.05, 0.1) is 0 Å². The summed E-state index contributed by atoms with van der Waals surface area (Å²) >= 11 is 0. The van der Waals surface area contributed by atoms with Crippen LogP contribution < -0.4 is 5.32 Å². The lowest BCUT2D eigenvalue weighted by molar-refractivity contribution is 0.518. The molecule has 106 valence electrons. The number of hydrogen-bond acceptors (Lipinski definition) is 1. The maximum Gasteiger partial charge on any atom is 0.0320 e. The van der Waals surface area contributed by atoms with Gasteiger partial charge < -0.3 is 5.32 Å². The number of rotatable bonds is 5. The average molecular weight is 267 g/mol. The van der Waals surface area contributed by atoms with Crippen molar-refractivity contribution >= 4 is 0 Å². The van der Waals surface area contributed by atoms with E-state index in [9.17, 15) is 0 Å². The standard InChI is InChI=1S/C19H25N/c1-5-19(17-10-7-14(2)8-11-17)20-13-18-12-15(3)6-9-16(18)4/h6-12,19-20H,5,13H2,1-4H3. The molecule has 2 rings (SSSR count). The van der Waals surface area contributed by atoms with Crippen molar-refractivity contribution in [1.29, 1.82) is 0 Å². The van der Waals surface area contributed by atoms with Crippen molar-refractivity contribution in [3.05, 3.63) is 70.3 Å². The van der Waals surface area contributed by atoms with Gasteiger partial charge in [-0.1, -0.05) is 60.5 Å². The molecule has 0 saturated heterocycles. The Balaban J connectivity index is 2.07. The van der Waals surface area contributed by atoms with Crippen molar-refractivity contribution in [2.24, 2.45) is 0 Å². The molecule has 0 fully saturated rings. The highest BCUT2D eigenvalue weighted by Crippen LogP contribution is 2.19. The first-order valence-corrected chi connectivity index (χ1v) is 7.46. The van der Waals surface area contributed by atoms with E-state index in [2.05, 4.69) is 75.5 Å². The van der Waals surface area contributed by atoms with Gasteiger partial charge in [-0.15, -0.1) is 0 Å². The first kappa shape index (κ1) is 14.8. The zero-order valence-corrected chi connectivity index (χ0v) is 13.0. The maximum absolute atomic E-state index is 3.69. The highest BCUT2D eigenvalue weighted by molar-refractivity contribution is 5.31. The minimum Gasteiger partial charge on any atom is -0.306 e. The molecule has 0 aliphatic carbocycles. The number of aryl methyl sites for hydroxylation is 3. The molecule has 1 heteroatoms. The Hall–Kier alpha value is -1.60. The molecule has 2 aromatic rings. The van der Waals surface area contributed by atoms with E-state index >= 15 is 0 Å². The molecular formula is C19H25N. The van der Waals surface area contributed by atoms with Crippen molar-refractivity contribution < 1.29 is 0 Å². The van der Waals surface area contributed by atoms with Crippen molar-refractivity contribution in [3.8, 4) is 0 Å². The summed E-state index contributed by atoms with van der Waals surface area (Å²) < 4.78 is 0. The minimum absolute atomic E-state index is 0.426. The van der Waals surface area contributed by atoms with Crippen LogP contribution in [0.25, 0.3) is 0 Å². The number of nitrogens with one attached hydrogen (secondary N) is 1. The molecule has 0 radical (unpaired) electrons. The van der Waals surface area contributed by atoms with Crippen LogP contribution in [-0.2, 0) is 6.54 Å². The topological polar surface area (TPSA) is 12.0 Å². The van der Waals surface area contributed by atoms with Crippen LogP contribution in [0.3, 0.4) is 0 Å². The summed E-state index contributed by atoms with van der Waals surface area (Å²) in [6.45, 7) is 9.64. The smallest absolute Gasteiger partial charge is 0.0320 e. The van der Waals surface area contributed by atoms with E-state index in [0.717, 1.165) is 13.0 Å². The van der Waals surface area contributed by atoms with Crippen molar-refractivity contribution in [2.45, 2.75) is 46.7 Å². The Labute approximate surface area is 123 Å². The fraction of sp³-hybridized carbons (Fsp3) is 0.368. The molecule has 1 atom stereocenters. The molecule has 20 heavy (non-hydrogen) atoms. The van der Waals surface area contributed by atoms with E-state index in [-0.39, 0.29) is 0 Å². The molecule has 0 spiro atoms. The van der Waals surface area contributed by atoms with Crippen LogP contribution >= 0.6 is 0 Å². The van der Waals surface area contributed by atoms with Gasteiger partial charge in [0.15, 0.2) is 0 Å². The fourth-order valence-electron chi connectivity index (χ4n) is 2.52. The van der Waals surface area contributed by atoms with Gasteiger partial charge in [-0.2, -0.15) is 0 Å². The predicted octanol–water partition coefficient (Wildman–Crippen LogP) is 4.85. The fourth-order valence-corrected chi connectivity index (χ4v) is 2.52. The van der Waals surface area contributed by atoms with Gasteiger partial charge in [-0.3, -0.25) is 0 Å². The van der Waals surface area contributed by atoms with Gasteiger partial charge in [0, 0.05) is 12.6 Å². The van der Waals surface area contributed by atoms with Gasteiger partial charge in [-0.05, 0) is 43.9 Å². The lowest BCUT2D eigenvalue weighted by Crippen LogP contribution is -2.20. The molecule has 0 aliphatic rings. The molecule has 1 N–H and O–H groups in total. The van der Waals surface area contributed by atoms with Crippen LogP contribution in [0.15, 0.2) is 42.5 Å². The molecule has 2 aromatic carbocycles. The number of benzene rings is 2. The van der Waals surface area contributed by atoms with Crippen LogP contribution in [0.4, 0.5) is 0 Å². The zero-order valence-electron chi connectivity index (χ0n) is 13.0. The Morgan fingerprint density at radius 3 is 2.20 bits per heavy atom. The zero-order chi connectivity index (χ0) is 14.5. The number of hydrogen-bond donors (Lipinski definition) is 1.